The zero-order valence-electron chi connectivity index (χ0n) is 18.9. The van der Waals surface area contributed by atoms with Crippen molar-refractivity contribution in [2.45, 2.75) is 36.6 Å². The summed E-state index contributed by atoms with van der Waals surface area (Å²) in [6.45, 7) is 4.06. The molecule has 0 aromatic heterocycles. The second-order valence-corrected chi connectivity index (χ2v) is 11.4. The fourth-order valence-corrected chi connectivity index (χ4v) is 5.01. The number of amides is 1. The lowest BCUT2D eigenvalue weighted by Gasteiger charge is -2.16. The minimum Gasteiger partial charge on any atom is -0.454 e. The van der Waals surface area contributed by atoms with E-state index in [1.54, 1.807) is 25.1 Å². The molecule has 180 valence electrons. The number of aryl methyl sites for hydroxylation is 2. The first-order valence-electron chi connectivity index (χ1n) is 9.82. The van der Waals surface area contributed by atoms with E-state index in [1.165, 1.54) is 45.3 Å². The highest BCUT2D eigenvalue weighted by Gasteiger charge is 2.24. The predicted octanol–water partition coefficient (Wildman–Crippen LogP) is 1.40. The number of hydrogen-bond acceptors (Lipinski definition) is 7. The van der Waals surface area contributed by atoms with Crippen molar-refractivity contribution in [1.82, 2.24) is 9.03 Å². The van der Waals surface area contributed by atoms with Gasteiger partial charge in [-0.1, -0.05) is 23.8 Å². The van der Waals surface area contributed by atoms with Gasteiger partial charge in [-0.05, 0) is 50.6 Å². The van der Waals surface area contributed by atoms with Crippen molar-refractivity contribution in [3.8, 4) is 0 Å². The van der Waals surface area contributed by atoms with Crippen LogP contribution in [0.2, 0.25) is 0 Å². The highest BCUT2D eigenvalue weighted by Crippen LogP contribution is 2.22. The smallest absolute Gasteiger partial charge is 0.324 e. The maximum Gasteiger partial charge on any atom is 0.324 e. The highest BCUT2D eigenvalue weighted by molar-refractivity contribution is 7.89. The summed E-state index contributed by atoms with van der Waals surface area (Å²) in [5.74, 6) is -1.66. The van der Waals surface area contributed by atoms with Gasteiger partial charge in [-0.3, -0.25) is 9.59 Å². The first-order chi connectivity index (χ1) is 15.2. The standard InChI is InChI=1S/C21H27N3O7S2/c1-14-6-10-18(11-7-14)32(27,28)23-16(3)21(26)31-13-20(25)22-17-9-8-15(2)19(12-17)33(29,30)24(4)5/h6-12,16,23H,13H2,1-5H3,(H,22,25)/t16-/m0/s1. The van der Waals surface area contributed by atoms with E-state index >= 15 is 0 Å². The molecular formula is C21H27N3O7S2. The topological polar surface area (TPSA) is 139 Å². The average Bonchev–Trinajstić information content (AvgIpc) is 2.73. The fraction of sp³-hybridized carbons (Fsp3) is 0.333. The summed E-state index contributed by atoms with van der Waals surface area (Å²) in [4.78, 5) is 24.3. The molecule has 0 aliphatic carbocycles. The Bertz CT molecular complexity index is 1240. The van der Waals surface area contributed by atoms with Gasteiger partial charge in [0.15, 0.2) is 6.61 Å². The number of nitrogens with one attached hydrogen (secondary N) is 2. The molecule has 0 spiro atoms. The number of rotatable bonds is 9. The van der Waals surface area contributed by atoms with Gasteiger partial charge in [0.1, 0.15) is 6.04 Å². The molecule has 33 heavy (non-hydrogen) atoms. The number of sulfonamides is 2. The van der Waals surface area contributed by atoms with E-state index in [4.69, 9.17) is 4.74 Å². The van der Waals surface area contributed by atoms with E-state index in [9.17, 15) is 26.4 Å². The second kappa shape index (κ2) is 10.4. The Balaban J connectivity index is 1.98. The number of carbonyl (C=O) groups excluding carboxylic acids is 2. The lowest BCUT2D eigenvalue weighted by atomic mass is 10.2. The predicted molar refractivity (Wildman–Crippen MR) is 123 cm³/mol. The van der Waals surface area contributed by atoms with E-state index in [0.29, 0.717) is 5.56 Å². The summed E-state index contributed by atoms with van der Waals surface area (Å²) in [5.41, 5.74) is 1.59. The second-order valence-electron chi connectivity index (χ2n) is 7.58. The van der Waals surface area contributed by atoms with Crippen LogP contribution >= 0.6 is 0 Å². The Morgan fingerprint density at radius 2 is 1.61 bits per heavy atom. The number of ether oxygens (including phenoxy) is 1. The number of benzene rings is 2. The van der Waals surface area contributed by atoms with Crippen LogP contribution in [-0.2, 0) is 34.4 Å². The van der Waals surface area contributed by atoms with Gasteiger partial charge in [0.2, 0.25) is 20.0 Å². The zero-order chi connectivity index (χ0) is 25.0. The molecule has 2 aromatic rings. The normalized spacial score (nSPS) is 12.9. The summed E-state index contributed by atoms with van der Waals surface area (Å²) in [7, 11) is -4.87. The molecule has 2 N–H and O–H groups in total. The summed E-state index contributed by atoms with van der Waals surface area (Å²) in [6.07, 6.45) is 0. The monoisotopic (exact) mass is 497 g/mol. The minimum atomic E-state index is -3.95. The van der Waals surface area contributed by atoms with Crippen LogP contribution in [0.4, 0.5) is 5.69 Å². The first kappa shape index (κ1) is 26.5. The summed E-state index contributed by atoms with van der Waals surface area (Å²) in [6, 6.07) is 9.21. The van der Waals surface area contributed by atoms with E-state index in [2.05, 4.69) is 10.0 Å². The molecule has 0 radical (unpaired) electrons. The molecule has 12 heteroatoms. The molecule has 0 saturated carbocycles. The van der Waals surface area contributed by atoms with Gasteiger partial charge >= 0.3 is 5.97 Å². The van der Waals surface area contributed by atoms with Crippen molar-refractivity contribution in [2.24, 2.45) is 0 Å². The third kappa shape index (κ3) is 6.84. The van der Waals surface area contributed by atoms with E-state index in [-0.39, 0.29) is 15.5 Å². The number of carbonyl (C=O) groups is 2. The molecule has 0 saturated heterocycles. The zero-order valence-corrected chi connectivity index (χ0v) is 20.6. The van der Waals surface area contributed by atoms with E-state index in [0.717, 1.165) is 9.87 Å². The molecule has 2 rings (SSSR count). The van der Waals surface area contributed by atoms with Gasteiger partial charge in [-0.2, -0.15) is 4.72 Å². The van der Waals surface area contributed by atoms with Crippen molar-refractivity contribution in [1.29, 1.82) is 0 Å². The molecule has 0 fully saturated rings. The van der Waals surface area contributed by atoms with E-state index in [1.807, 2.05) is 6.92 Å². The van der Waals surface area contributed by atoms with Gasteiger partial charge in [0.25, 0.3) is 5.91 Å². The van der Waals surface area contributed by atoms with Gasteiger partial charge < -0.3 is 10.1 Å². The van der Waals surface area contributed by atoms with Crippen LogP contribution in [0.25, 0.3) is 0 Å². The largest absolute Gasteiger partial charge is 0.454 e. The van der Waals surface area contributed by atoms with Crippen molar-refractivity contribution < 1.29 is 31.2 Å². The average molecular weight is 498 g/mol. The maximum absolute atomic E-state index is 12.4. The third-order valence-electron chi connectivity index (χ3n) is 4.59. The quantitative estimate of drug-likeness (QED) is 0.499. The fourth-order valence-electron chi connectivity index (χ4n) is 2.68. The van der Waals surface area contributed by atoms with Gasteiger partial charge in [0.05, 0.1) is 9.79 Å². The highest BCUT2D eigenvalue weighted by atomic mass is 32.2. The van der Waals surface area contributed by atoms with Crippen molar-refractivity contribution >= 4 is 37.6 Å². The van der Waals surface area contributed by atoms with Crippen molar-refractivity contribution in [3.63, 3.8) is 0 Å². The van der Waals surface area contributed by atoms with Crippen LogP contribution in [0.15, 0.2) is 52.3 Å². The number of nitrogens with zero attached hydrogens (tertiary/aromatic N) is 1. The summed E-state index contributed by atoms with van der Waals surface area (Å²) < 4.78 is 57.7. The van der Waals surface area contributed by atoms with Crippen molar-refractivity contribution in [2.75, 3.05) is 26.0 Å². The van der Waals surface area contributed by atoms with E-state index < -0.39 is 44.6 Å². The van der Waals surface area contributed by atoms with Crippen LogP contribution in [0.5, 0.6) is 0 Å². The van der Waals surface area contributed by atoms with Gasteiger partial charge in [0, 0.05) is 19.8 Å². The Morgan fingerprint density at radius 3 is 2.18 bits per heavy atom. The van der Waals surface area contributed by atoms with Crippen LogP contribution in [0.3, 0.4) is 0 Å². The third-order valence-corrected chi connectivity index (χ3v) is 8.11. The molecule has 0 aliphatic rings. The summed E-state index contributed by atoms with van der Waals surface area (Å²) in [5, 5.41) is 2.46. The molecule has 1 amide bonds. The molecule has 10 nitrogen and oxygen atoms in total. The molecule has 1 atom stereocenters. The molecule has 0 aliphatic heterocycles. The van der Waals surface area contributed by atoms with Crippen LogP contribution in [0.1, 0.15) is 18.1 Å². The Morgan fingerprint density at radius 1 is 1.00 bits per heavy atom. The van der Waals surface area contributed by atoms with Gasteiger partial charge in [-0.25, -0.2) is 21.1 Å². The lowest BCUT2D eigenvalue weighted by Crippen LogP contribution is -2.40. The number of hydrogen-bond donors (Lipinski definition) is 2. The first-order valence-corrected chi connectivity index (χ1v) is 12.7. The molecule has 0 heterocycles. The lowest BCUT2D eigenvalue weighted by molar-refractivity contribution is -0.148. The summed E-state index contributed by atoms with van der Waals surface area (Å²) >= 11 is 0. The van der Waals surface area contributed by atoms with Crippen LogP contribution < -0.4 is 10.0 Å². The minimum absolute atomic E-state index is 0.00616. The Hall–Kier alpha value is -2.80. The molecule has 2 aromatic carbocycles. The van der Waals surface area contributed by atoms with Crippen LogP contribution in [-0.4, -0.2) is 59.8 Å². The maximum atomic E-state index is 12.4. The molecule has 0 unspecified atom stereocenters. The van der Waals surface area contributed by atoms with Crippen LogP contribution in [0, 0.1) is 13.8 Å². The number of anilines is 1. The molecular weight excluding hydrogens is 470 g/mol. The Kier molecular flexibility index (Phi) is 8.36. The van der Waals surface area contributed by atoms with Crippen molar-refractivity contribution in [3.05, 3.63) is 53.6 Å². The molecule has 0 bridgehead atoms. The number of esters is 1. The Labute approximate surface area is 194 Å². The van der Waals surface area contributed by atoms with Gasteiger partial charge in [-0.15, -0.1) is 0 Å². The SMILES string of the molecule is Cc1ccc(S(=O)(=O)N[C@@H](C)C(=O)OCC(=O)Nc2ccc(C)c(S(=O)(=O)N(C)C)c2)cc1.